The molecule has 1 unspecified atom stereocenters. The average Bonchev–Trinajstić information content (AvgIpc) is 2.62. The van der Waals surface area contributed by atoms with Crippen LogP contribution in [0.15, 0.2) is 15.4 Å². The van der Waals surface area contributed by atoms with Crippen LogP contribution in [0.5, 0.6) is 0 Å². The van der Waals surface area contributed by atoms with Crippen molar-refractivity contribution in [3.63, 3.8) is 0 Å². The summed E-state index contributed by atoms with van der Waals surface area (Å²) < 4.78 is 27.5. The molecule has 1 amide bonds. The first-order chi connectivity index (χ1) is 8.11. The van der Waals surface area contributed by atoms with E-state index in [0.717, 1.165) is 12.5 Å². The second-order valence-electron chi connectivity index (χ2n) is 5.19. The molecule has 18 heavy (non-hydrogen) atoms. The molecule has 1 atom stereocenters. The number of amides is 1. The van der Waals surface area contributed by atoms with E-state index in [1.165, 1.54) is 6.92 Å². The van der Waals surface area contributed by atoms with Crippen LogP contribution in [-0.2, 0) is 9.05 Å². The molecule has 1 aliphatic rings. The van der Waals surface area contributed by atoms with Gasteiger partial charge >= 0.3 is 0 Å². The SMILES string of the molecule is Cc1oc(C(=O)NC2CC2(C)C)cc1S(=O)(=O)Cl. The van der Waals surface area contributed by atoms with Crippen molar-refractivity contribution in [3.8, 4) is 0 Å². The van der Waals surface area contributed by atoms with Crippen molar-refractivity contribution in [1.29, 1.82) is 0 Å². The Morgan fingerprint density at radius 3 is 2.50 bits per heavy atom. The van der Waals surface area contributed by atoms with E-state index in [1.54, 1.807) is 0 Å². The number of carbonyl (C=O) groups excluding carboxylic acids is 1. The fraction of sp³-hybridized carbons (Fsp3) is 0.545. The van der Waals surface area contributed by atoms with Gasteiger partial charge in [-0.05, 0) is 18.8 Å². The van der Waals surface area contributed by atoms with Crippen LogP contribution < -0.4 is 5.32 Å². The molecule has 0 aliphatic heterocycles. The third kappa shape index (κ3) is 2.54. The van der Waals surface area contributed by atoms with Crippen LogP contribution in [0.1, 0.15) is 36.6 Å². The fourth-order valence-corrected chi connectivity index (χ4v) is 2.85. The minimum atomic E-state index is -3.88. The number of nitrogens with one attached hydrogen (secondary N) is 1. The molecule has 1 aliphatic carbocycles. The Kier molecular flexibility index (Phi) is 2.98. The first kappa shape index (κ1) is 13.4. The van der Waals surface area contributed by atoms with E-state index in [9.17, 15) is 13.2 Å². The summed E-state index contributed by atoms with van der Waals surface area (Å²) in [7, 11) is 1.34. The zero-order valence-electron chi connectivity index (χ0n) is 10.3. The molecule has 0 saturated heterocycles. The van der Waals surface area contributed by atoms with E-state index in [1.807, 2.05) is 13.8 Å². The Labute approximate surface area is 110 Å². The maximum absolute atomic E-state index is 11.8. The second-order valence-corrected chi connectivity index (χ2v) is 7.72. The number of furan rings is 1. The lowest BCUT2D eigenvalue weighted by Crippen LogP contribution is -2.27. The van der Waals surface area contributed by atoms with E-state index in [4.69, 9.17) is 15.1 Å². The van der Waals surface area contributed by atoms with Crippen LogP contribution in [0, 0.1) is 12.3 Å². The van der Waals surface area contributed by atoms with Gasteiger partial charge in [-0.15, -0.1) is 0 Å². The first-order valence-electron chi connectivity index (χ1n) is 5.47. The van der Waals surface area contributed by atoms with Gasteiger partial charge < -0.3 is 9.73 Å². The van der Waals surface area contributed by atoms with Gasteiger partial charge in [0.1, 0.15) is 10.7 Å². The van der Waals surface area contributed by atoms with Gasteiger partial charge in [0.25, 0.3) is 15.0 Å². The number of halogens is 1. The van der Waals surface area contributed by atoms with Crippen molar-refractivity contribution in [2.75, 3.05) is 0 Å². The predicted molar refractivity (Wildman–Crippen MR) is 66.1 cm³/mol. The van der Waals surface area contributed by atoms with Crippen LogP contribution in [0.4, 0.5) is 0 Å². The minimum absolute atomic E-state index is 0.0329. The summed E-state index contributed by atoms with van der Waals surface area (Å²) in [6, 6.07) is 1.26. The quantitative estimate of drug-likeness (QED) is 0.865. The van der Waals surface area contributed by atoms with Crippen LogP contribution in [0.3, 0.4) is 0 Å². The number of aryl methyl sites for hydroxylation is 1. The summed E-state index contributed by atoms with van der Waals surface area (Å²) >= 11 is 0. The Hall–Kier alpha value is -1.01. The average molecular weight is 292 g/mol. The molecule has 1 aromatic rings. The van der Waals surface area contributed by atoms with Crippen LogP contribution in [0.2, 0.25) is 0 Å². The lowest BCUT2D eigenvalue weighted by atomic mass is 10.2. The molecule has 1 N–H and O–H groups in total. The molecule has 1 aromatic heterocycles. The van der Waals surface area contributed by atoms with Crippen LogP contribution >= 0.6 is 10.7 Å². The van der Waals surface area contributed by atoms with E-state index in [2.05, 4.69) is 5.32 Å². The van der Waals surface area contributed by atoms with Crippen molar-refractivity contribution >= 4 is 25.6 Å². The molecule has 1 fully saturated rings. The number of hydrogen-bond donors (Lipinski definition) is 1. The summed E-state index contributed by atoms with van der Waals surface area (Å²) in [6.45, 7) is 5.53. The van der Waals surface area contributed by atoms with E-state index in [0.29, 0.717) is 0 Å². The van der Waals surface area contributed by atoms with E-state index >= 15 is 0 Å². The van der Waals surface area contributed by atoms with Gasteiger partial charge in [-0.2, -0.15) is 0 Å². The van der Waals surface area contributed by atoms with E-state index < -0.39 is 15.0 Å². The highest BCUT2D eigenvalue weighted by Crippen LogP contribution is 2.44. The molecule has 7 heteroatoms. The van der Waals surface area contributed by atoms with E-state index in [-0.39, 0.29) is 27.9 Å². The molecule has 2 rings (SSSR count). The van der Waals surface area contributed by atoms with Crippen LogP contribution in [-0.4, -0.2) is 20.4 Å². The van der Waals surface area contributed by atoms with Crippen molar-refractivity contribution in [1.82, 2.24) is 5.32 Å². The normalized spacial score (nSPS) is 21.7. The summed E-state index contributed by atoms with van der Waals surface area (Å²) in [6.07, 6.45) is 0.902. The molecular formula is C11H14ClNO4S. The maximum atomic E-state index is 11.8. The Morgan fingerprint density at radius 1 is 1.56 bits per heavy atom. The Balaban J connectivity index is 2.18. The molecule has 100 valence electrons. The molecule has 0 bridgehead atoms. The molecular weight excluding hydrogens is 278 g/mol. The lowest BCUT2D eigenvalue weighted by molar-refractivity contribution is 0.0917. The van der Waals surface area contributed by atoms with Gasteiger partial charge in [-0.25, -0.2) is 8.42 Å². The minimum Gasteiger partial charge on any atom is -0.455 e. The summed E-state index contributed by atoms with van der Waals surface area (Å²) in [5, 5.41) is 2.78. The van der Waals surface area contributed by atoms with Gasteiger partial charge in [-0.1, -0.05) is 13.8 Å². The largest absolute Gasteiger partial charge is 0.455 e. The van der Waals surface area contributed by atoms with Gasteiger partial charge in [0, 0.05) is 22.8 Å². The fourth-order valence-electron chi connectivity index (χ4n) is 1.76. The third-order valence-corrected chi connectivity index (χ3v) is 4.61. The highest BCUT2D eigenvalue weighted by Gasteiger charge is 2.47. The Morgan fingerprint density at radius 2 is 2.11 bits per heavy atom. The topological polar surface area (TPSA) is 76.4 Å². The molecule has 0 radical (unpaired) electrons. The van der Waals surface area contributed by atoms with Crippen LogP contribution in [0.25, 0.3) is 0 Å². The van der Waals surface area contributed by atoms with Gasteiger partial charge in [-0.3, -0.25) is 4.79 Å². The zero-order valence-corrected chi connectivity index (χ0v) is 11.9. The Bertz CT molecular complexity index is 603. The van der Waals surface area contributed by atoms with Crippen molar-refractivity contribution in [2.24, 2.45) is 5.41 Å². The lowest BCUT2D eigenvalue weighted by Gasteiger charge is -2.04. The number of carbonyl (C=O) groups is 1. The zero-order chi connectivity index (χ0) is 13.7. The molecule has 5 nitrogen and oxygen atoms in total. The van der Waals surface area contributed by atoms with Crippen molar-refractivity contribution in [3.05, 3.63) is 17.6 Å². The third-order valence-electron chi connectivity index (χ3n) is 3.18. The smallest absolute Gasteiger partial charge is 0.287 e. The van der Waals surface area contributed by atoms with Crippen molar-refractivity contribution in [2.45, 2.75) is 38.1 Å². The molecule has 0 aromatic carbocycles. The second kappa shape index (κ2) is 3.99. The standard InChI is InChI=1S/C11H14ClNO4S/c1-6-8(18(12,15)16)4-7(17-6)10(14)13-9-5-11(9,2)3/h4,9H,5H2,1-3H3,(H,13,14). The summed E-state index contributed by atoms with van der Waals surface area (Å²) in [5.74, 6) is -0.333. The molecule has 0 spiro atoms. The van der Waals surface area contributed by atoms with Gasteiger partial charge in [0.2, 0.25) is 0 Å². The molecule has 1 saturated carbocycles. The highest BCUT2D eigenvalue weighted by molar-refractivity contribution is 8.13. The molecule has 1 heterocycles. The summed E-state index contributed by atoms with van der Waals surface area (Å²) in [5.41, 5.74) is 0.0959. The number of rotatable bonds is 3. The summed E-state index contributed by atoms with van der Waals surface area (Å²) in [4.78, 5) is 11.7. The van der Waals surface area contributed by atoms with Crippen molar-refractivity contribution < 1.29 is 17.6 Å². The maximum Gasteiger partial charge on any atom is 0.287 e. The highest BCUT2D eigenvalue weighted by atomic mass is 35.7. The van der Waals surface area contributed by atoms with Gasteiger partial charge in [0.15, 0.2) is 5.76 Å². The monoisotopic (exact) mass is 291 g/mol. The predicted octanol–water partition coefficient (Wildman–Crippen LogP) is 2.04. The first-order valence-corrected chi connectivity index (χ1v) is 7.78. The van der Waals surface area contributed by atoms with Gasteiger partial charge in [0.05, 0.1) is 0 Å². The number of hydrogen-bond acceptors (Lipinski definition) is 4.